The Morgan fingerprint density at radius 2 is 1.87 bits per heavy atom. The lowest BCUT2D eigenvalue weighted by Gasteiger charge is -2.19. The topological polar surface area (TPSA) is 61.4 Å². The fourth-order valence-electron chi connectivity index (χ4n) is 3.21. The lowest BCUT2D eigenvalue weighted by Crippen LogP contribution is -2.26. The van der Waals surface area contributed by atoms with E-state index in [0.717, 1.165) is 21.8 Å². The third kappa shape index (κ3) is 4.37. The first-order valence-electron chi connectivity index (χ1n) is 9.53. The zero-order valence-corrected chi connectivity index (χ0v) is 17.3. The molecule has 2 heterocycles. The molecule has 0 fully saturated rings. The molecule has 4 aromatic rings. The maximum atomic E-state index is 13.1. The van der Waals surface area contributed by atoms with Crippen LogP contribution in [-0.2, 0) is 12.3 Å². The van der Waals surface area contributed by atoms with Crippen molar-refractivity contribution in [3.05, 3.63) is 102 Å². The summed E-state index contributed by atoms with van der Waals surface area (Å²) in [4.78, 5) is 20.4. The molecular weight excluding hydrogens is 392 g/mol. The summed E-state index contributed by atoms with van der Waals surface area (Å²) >= 11 is 1.61. The Morgan fingerprint density at radius 3 is 2.63 bits per heavy atom. The van der Waals surface area contributed by atoms with Gasteiger partial charge in [-0.3, -0.25) is 4.79 Å². The first kappa shape index (κ1) is 19.7. The predicted octanol–water partition coefficient (Wildman–Crippen LogP) is 4.77. The molecule has 0 atom stereocenters. The van der Waals surface area contributed by atoms with E-state index in [2.05, 4.69) is 11.1 Å². The Balaban J connectivity index is 1.47. The molecule has 0 N–H and O–H groups in total. The van der Waals surface area contributed by atoms with Crippen LogP contribution in [0.25, 0.3) is 5.65 Å². The van der Waals surface area contributed by atoms with Crippen LogP contribution in [0.5, 0.6) is 0 Å². The molecule has 2 aromatic heterocycles. The molecule has 148 valence electrons. The van der Waals surface area contributed by atoms with Gasteiger partial charge in [-0.1, -0.05) is 30.3 Å². The number of hydrogen-bond acceptors (Lipinski definition) is 4. The van der Waals surface area contributed by atoms with Gasteiger partial charge in [0.1, 0.15) is 5.65 Å². The summed E-state index contributed by atoms with van der Waals surface area (Å²) < 4.78 is 2.00. The monoisotopic (exact) mass is 412 g/mol. The molecule has 2 aromatic carbocycles. The van der Waals surface area contributed by atoms with E-state index in [-0.39, 0.29) is 5.91 Å². The van der Waals surface area contributed by atoms with E-state index < -0.39 is 0 Å². The van der Waals surface area contributed by atoms with E-state index >= 15 is 0 Å². The zero-order chi connectivity index (χ0) is 20.9. The second-order valence-corrected chi connectivity index (χ2v) is 7.97. The van der Waals surface area contributed by atoms with Crippen molar-refractivity contribution in [3.8, 4) is 6.07 Å². The largest absolute Gasteiger partial charge is 0.337 e. The van der Waals surface area contributed by atoms with Crippen molar-refractivity contribution in [3.63, 3.8) is 0 Å². The zero-order valence-electron chi connectivity index (χ0n) is 16.5. The Morgan fingerprint density at radius 1 is 1.10 bits per heavy atom. The van der Waals surface area contributed by atoms with E-state index in [4.69, 9.17) is 5.26 Å². The number of pyridine rings is 1. The summed E-state index contributed by atoms with van der Waals surface area (Å²) in [7, 11) is 1.80. The number of amides is 1. The SMILES string of the molecule is CN(Cc1ccc(C#N)cc1)C(=O)c1ccccc1SCc1cn2ccccc2n1. The molecule has 0 saturated heterocycles. The van der Waals surface area contributed by atoms with Crippen molar-refractivity contribution in [2.75, 3.05) is 7.05 Å². The molecule has 0 saturated carbocycles. The molecular formula is C24H20N4OS. The maximum absolute atomic E-state index is 13.1. The highest BCUT2D eigenvalue weighted by Crippen LogP contribution is 2.27. The van der Waals surface area contributed by atoms with E-state index in [1.165, 1.54) is 0 Å². The average Bonchev–Trinajstić information content (AvgIpc) is 3.21. The molecule has 0 bridgehead atoms. The molecule has 0 aliphatic carbocycles. The van der Waals surface area contributed by atoms with Gasteiger partial charge in [-0.25, -0.2) is 4.98 Å². The molecule has 0 spiro atoms. The molecule has 0 unspecified atom stereocenters. The van der Waals surface area contributed by atoms with Gasteiger partial charge in [0, 0.05) is 36.6 Å². The van der Waals surface area contributed by atoms with Gasteiger partial charge >= 0.3 is 0 Å². The number of carbonyl (C=O) groups is 1. The standard InChI is InChI=1S/C24H20N4OS/c1-27(15-19-11-9-18(14-25)10-12-19)24(29)21-6-2-3-7-22(21)30-17-20-16-28-13-5-4-8-23(28)26-20/h2-13,16H,15,17H2,1H3. The first-order valence-corrected chi connectivity index (χ1v) is 10.5. The van der Waals surface area contributed by atoms with Gasteiger partial charge < -0.3 is 9.30 Å². The minimum atomic E-state index is -0.0301. The summed E-state index contributed by atoms with van der Waals surface area (Å²) in [5.74, 6) is 0.656. The molecule has 6 heteroatoms. The predicted molar refractivity (Wildman–Crippen MR) is 118 cm³/mol. The number of thioether (sulfide) groups is 1. The molecule has 4 rings (SSSR count). The van der Waals surface area contributed by atoms with Crippen molar-refractivity contribution in [2.24, 2.45) is 0 Å². The number of nitriles is 1. The van der Waals surface area contributed by atoms with Gasteiger partial charge in [-0.15, -0.1) is 11.8 Å². The Hall–Kier alpha value is -3.56. The van der Waals surface area contributed by atoms with Crippen LogP contribution in [-0.4, -0.2) is 27.2 Å². The fraction of sp³-hybridized carbons (Fsp3) is 0.125. The molecule has 0 radical (unpaired) electrons. The number of carbonyl (C=O) groups excluding carboxylic acids is 1. The van der Waals surface area contributed by atoms with Crippen LogP contribution in [0.3, 0.4) is 0 Å². The van der Waals surface area contributed by atoms with Crippen LogP contribution < -0.4 is 0 Å². The number of aromatic nitrogens is 2. The van der Waals surface area contributed by atoms with Gasteiger partial charge in [0.25, 0.3) is 5.91 Å². The van der Waals surface area contributed by atoms with Gasteiger partial charge in [-0.05, 0) is 42.0 Å². The molecule has 30 heavy (non-hydrogen) atoms. The smallest absolute Gasteiger partial charge is 0.255 e. The summed E-state index contributed by atoms with van der Waals surface area (Å²) in [6.07, 6.45) is 4.00. The van der Waals surface area contributed by atoms with Crippen LogP contribution in [0.2, 0.25) is 0 Å². The molecule has 0 aliphatic rings. The quantitative estimate of drug-likeness (QED) is 0.428. The normalized spacial score (nSPS) is 10.7. The highest BCUT2D eigenvalue weighted by molar-refractivity contribution is 7.98. The van der Waals surface area contributed by atoms with E-state index in [1.54, 1.807) is 35.8 Å². The first-order chi connectivity index (χ1) is 14.6. The maximum Gasteiger partial charge on any atom is 0.255 e. The fourth-order valence-corrected chi connectivity index (χ4v) is 4.14. The number of rotatable bonds is 6. The molecule has 5 nitrogen and oxygen atoms in total. The summed E-state index contributed by atoms with van der Waals surface area (Å²) in [6.45, 7) is 0.482. The lowest BCUT2D eigenvalue weighted by molar-refractivity contribution is 0.0781. The second-order valence-electron chi connectivity index (χ2n) is 6.95. The van der Waals surface area contributed by atoms with Gasteiger partial charge in [-0.2, -0.15) is 5.26 Å². The van der Waals surface area contributed by atoms with Crippen LogP contribution in [0.15, 0.2) is 84.0 Å². The van der Waals surface area contributed by atoms with Crippen molar-refractivity contribution in [1.29, 1.82) is 5.26 Å². The van der Waals surface area contributed by atoms with Crippen molar-refractivity contribution in [2.45, 2.75) is 17.2 Å². The minimum Gasteiger partial charge on any atom is -0.337 e. The molecule has 1 amide bonds. The molecule has 0 aliphatic heterocycles. The van der Waals surface area contributed by atoms with E-state index in [1.807, 2.05) is 71.4 Å². The van der Waals surface area contributed by atoms with Crippen LogP contribution >= 0.6 is 11.8 Å². The highest BCUT2D eigenvalue weighted by atomic mass is 32.2. The number of fused-ring (bicyclic) bond motifs is 1. The van der Waals surface area contributed by atoms with Crippen LogP contribution in [0.4, 0.5) is 0 Å². The van der Waals surface area contributed by atoms with Gasteiger partial charge in [0.2, 0.25) is 0 Å². The third-order valence-electron chi connectivity index (χ3n) is 4.76. The minimum absolute atomic E-state index is 0.0301. The van der Waals surface area contributed by atoms with Crippen molar-refractivity contribution in [1.82, 2.24) is 14.3 Å². The Labute approximate surface area is 179 Å². The van der Waals surface area contributed by atoms with Crippen LogP contribution in [0, 0.1) is 11.3 Å². The van der Waals surface area contributed by atoms with Gasteiger partial charge in [0.05, 0.1) is 22.9 Å². The lowest BCUT2D eigenvalue weighted by atomic mass is 10.1. The van der Waals surface area contributed by atoms with Gasteiger partial charge in [0.15, 0.2) is 0 Å². The number of hydrogen-bond donors (Lipinski definition) is 0. The Kier molecular flexibility index (Phi) is 5.82. The van der Waals surface area contributed by atoms with Crippen molar-refractivity contribution < 1.29 is 4.79 Å². The highest BCUT2D eigenvalue weighted by Gasteiger charge is 2.16. The summed E-state index contributed by atoms with van der Waals surface area (Å²) in [6, 6.07) is 23.0. The summed E-state index contributed by atoms with van der Waals surface area (Å²) in [5.41, 5.74) is 4.17. The van der Waals surface area contributed by atoms with Crippen molar-refractivity contribution >= 4 is 23.3 Å². The number of nitrogens with zero attached hydrogens (tertiary/aromatic N) is 4. The second kappa shape index (κ2) is 8.85. The summed E-state index contributed by atoms with van der Waals surface area (Å²) in [5, 5.41) is 8.93. The van der Waals surface area contributed by atoms with Crippen LogP contribution in [0.1, 0.15) is 27.2 Å². The third-order valence-corrected chi connectivity index (χ3v) is 5.86. The van der Waals surface area contributed by atoms with E-state index in [9.17, 15) is 4.79 Å². The number of benzene rings is 2. The average molecular weight is 413 g/mol. The number of imidazole rings is 1. The Bertz CT molecular complexity index is 1190. The van der Waals surface area contributed by atoms with E-state index in [0.29, 0.717) is 23.4 Å².